The Morgan fingerprint density at radius 3 is 2.57 bits per heavy atom. The third-order valence-electron chi connectivity index (χ3n) is 4.08. The Morgan fingerprint density at radius 1 is 1.24 bits per heavy atom. The summed E-state index contributed by atoms with van der Waals surface area (Å²) in [6, 6.07) is 3.42. The minimum atomic E-state index is -0.877. The quantitative estimate of drug-likeness (QED) is 0.904. The number of aromatic nitrogens is 2. The molecule has 0 spiro atoms. The second-order valence-corrected chi connectivity index (χ2v) is 6.35. The number of nitrogens with zero attached hydrogens (tertiary/aromatic N) is 2. The van der Waals surface area contributed by atoms with Crippen LogP contribution in [0.4, 0.5) is 0 Å². The first-order valence-electron chi connectivity index (χ1n) is 7.13. The number of halogens is 2. The van der Waals surface area contributed by atoms with E-state index in [2.05, 4.69) is 4.98 Å². The Bertz CT molecular complexity index is 691. The zero-order valence-electron chi connectivity index (χ0n) is 11.5. The van der Waals surface area contributed by atoms with Crippen LogP contribution in [0.15, 0.2) is 12.1 Å². The van der Waals surface area contributed by atoms with Crippen molar-refractivity contribution in [2.24, 2.45) is 0 Å². The highest BCUT2D eigenvalue weighted by Gasteiger charge is 2.24. The molecule has 1 aromatic carbocycles. The van der Waals surface area contributed by atoms with Gasteiger partial charge in [-0.25, -0.2) is 4.98 Å². The van der Waals surface area contributed by atoms with Crippen LogP contribution in [0.2, 0.25) is 10.0 Å². The topological polar surface area (TPSA) is 55.1 Å². The van der Waals surface area contributed by atoms with Crippen molar-refractivity contribution in [3.05, 3.63) is 28.0 Å². The van der Waals surface area contributed by atoms with E-state index in [0.29, 0.717) is 21.5 Å². The number of imidazole rings is 1. The van der Waals surface area contributed by atoms with Crippen molar-refractivity contribution < 1.29 is 9.90 Å². The molecule has 0 unspecified atom stereocenters. The SMILES string of the molecule is O=C(O)Cn1c(C2CCCCC2)nc2cc(Cl)c(Cl)cc21. The number of carboxylic acid groups (broad SMARTS) is 1. The van der Waals surface area contributed by atoms with E-state index in [4.69, 9.17) is 23.2 Å². The molecule has 1 aliphatic carbocycles. The molecular weight excluding hydrogens is 311 g/mol. The summed E-state index contributed by atoms with van der Waals surface area (Å²) < 4.78 is 1.77. The van der Waals surface area contributed by atoms with Crippen molar-refractivity contribution in [3.63, 3.8) is 0 Å². The molecule has 1 aromatic heterocycles. The van der Waals surface area contributed by atoms with Crippen LogP contribution in [0.1, 0.15) is 43.8 Å². The van der Waals surface area contributed by atoms with Gasteiger partial charge >= 0.3 is 5.97 Å². The maximum Gasteiger partial charge on any atom is 0.323 e. The summed E-state index contributed by atoms with van der Waals surface area (Å²) >= 11 is 12.1. The van der Waals surface area contributed by atoms with Crippen molar-refractivity contribution in [1.29, 1.82) is 0 Å². The Morgan fingerprint density at radius 2 is 1.90 bits per heavy atom. The van der Waals surface area contributed by atoms with Gasteiger partial charge in [0.25, 0.3) is 0 Å². The second-order valence-electron chi connectivity index (χ2n) is 5.54. The van der Waals surface area contributed by atoms with E-state index < -0.39 is 5.97 Å². The molecule has 0 saturated heterocycles. The normalized spacial score (nSPS) is 16.5. The van der Waals surface area contributed by atoms with Crippen molar-refractivity contribution in [2.75, 3.05) is 0 Å². The van der Waals surface area contributed by atoms with E-state index in [1.165, 1.54) is 19.3 Å². The molecule has 1 heterocycles. The number of carbonyl (C=O) groups is 1. The summed E-state index contributed by atoms with van der Waals surface area (Å²) in [5, 5.41) is 10.0. The molecule has 112 valence electrons. The highest BCUT2D eigenvalue weighted by atomic mass is 35.5. The maximum atomic E-state index is 11.2. The molecule has 0 bridgehead atoms. The van der Waals surface area contributed by atoms with Gasteiger partial charge in [-0.3, -0.25) is 4.79 Å². The van der Waals surface area contributed by atoms with E-state index >= 15 is 0 Å². The third-order valence-corrected chi connectivity index (χ3v) is 4.81. The monoisotopic (exact) mass is 326 g/mol. The van der Waals surface area contributed by atoms with Gasteiger partial charge < -0.3 is 9.67 Å². The zero-order chi connectivity index (χ0) is 15.0. The molecule has 2 aromatic rings. The highest BCUT2D eigenvalue weighted by molar-refractivity contribution is 6.42. The number of aliphatic carboxylic acids is 1. The lowest BCUT2D eigenvalue weighted by molar-refractivity contribution is -0.137. The molecule has 1 fully saturated rings. The first kappa shape index (κ1) is 14.7. The molecule has 3 rings (SSSR count). The fourth-order valence-electron chi connectivity index (χ4n) is 3.11. The van der Waals surface area contributed by atoms with Crippen LogP contribution in [0, 0.1) is 0 Å². The van der Waals surface area contributed by atoms with Crippen molar-refractivity contribution in [1.82, 2.24) is 9.55 Å². The van der Waals surface area contributed by atoms with Crippen LogP contribution >= 0.6 is 23.2 Å². The van der Waals surface area contributed by atoms with Gasteiger partial charge in [-0.15, -0.1) is 0 Å². The standard InChI is InChI=1S/C15H16Cl2N2O2/c16-10-6-12-13(7-11(10)17)19(8-14(20)21)15(18-12)9-4-2-1-3-5-9/h6-7,9H,1-5,8H2,(H,20,21). The summed E-state index contributed by atoms with van der Waals surface area (Å²) in [4.78, 5) is 15.8. The maximum absolute atomic E-state index is 11.2. The molecule has 1 aliphatic rings. The smallest absolute Gasteiger partial charge is 0.323 e. The minimum Gasteiger partial charge on any atom is -0.480 e. The molecule has 0 aliphatic heterocycles. The van der Waals surface area contributed by atoms with E-state index in [0.717, 1.165) is 24.2 Å². The van der Waals surface area contributed by atoms with Crippen LogP contribution < -0.4 is 0 Å². The Hall–Kier alpha value is -1.26. The van der Waals surface area contributed by atoms with E-state index in [9.17, 15) is 9.90 Å². The lowest BCUT2D eigenvalue weighted by Gasteiger charge is -2.21. The molecule has 1 N–H and O–H groups in total. The van der Waals surface area contributed by atoms with Crippen LogP contribution in [-0.4, -0.2) is 20.6 Å². The fourth-order valence-corrected chi connectivity index (χ4v) is 3.43. The minimum absolute atomic E-state index is 0.0969. The predicted octanol–water partition coefficient (Wildman–Crippen LogP) is 4.48. The second kappa shape index (κ2) is 5.85. The van der Waals surface area contributed by atoms with Crippen LogP contribution in [0.25, 0.3) is 11.0 Å². The van der Waals surface area contributed by atoms with Gasteiger partial charge in [0.15, 0.2) is 0 Å². The van der Waals surface area contributed by atoms with Crippen LogP contribution in [0.5, 0.6) is 0 Å². The number of fused-ring (bicyclic) bond motifs is 1. The van der Waals surface area contributed by atoms with Crippen molar-refractivity contribution >= 4 is 40.2 Å². The Balaban J connectivity index is 2.14. The highest BCUT2D eigenvalue weighted by Crippen LogP contribution is 2.35. The van der Waals surface area contributed by atoms with Crippen LogP contribution in [-0.2, 0) is 11.3 Å². The lowest BCUT2D eigenvalue weighted by atomic mass is 9.88. The Kier molecular flexibility index (Phi) is 4.09. The number of benzene rings is 1. The van der Waals surface area contributed by atoms with E-state index in [1.54, 1.807) is 16.7 Å². The zero-order valence-corrected chi connectivity index (χ0v) is 13.0. The van der Waals surface area contributed by atoms with Gasteiger partial charge in [-0.2, -0.15) is 0 Å². The average Bonchev–Trinajstić information content (AvgIpc) is 2.78. The molecule has 0 atom stereocenters. The summed E-state index contributed by atoms with van der Waals surface area (Å²) in [5.74, 6) is 0.297. The molecule has 0 amide bonds. The summed E-state index contributed by atoms with van der Waals surface area (Å²) in [5.41, 5.74) is 1.46. The fraction of sp³-hybridized carbons (Fsp3) is 0.467. The van der Waals surface area contributed by atoms with Gasteiger partial charge in [-0.05, 0) is 25.0 Å². The summed E-state index contributed by atoms with van der Waals surface area (Å²) in [6.07, 6.45) is 5.70. The first-order valence-corrected chi connectivity index (χ1v) is 7.89. The lowest BCUT2D eigenvalue weighted by Crippen LogP contribution is -2.16. The van der Waals surface area contributed by atoms with Gasteiger partial charge in [0.1, 0.15) is 12.4 Å². The predicted molar refractivity (Wildman–Crippen MR) is 83.2 cm³/mol. The van der Waals surface area contributed by atoms with Crippen molar-refractivity contribution in [2.45, 2.75) is 44.6 Å². The summed E-state index contributed by atoms with van der Waals surface area (Å²) in [6.45, 7) is -0.0969. The number of hydrogen-bond donors (Lipinski definition) is 1. The average molecular weight is 327 g/mol. The molecule has 0 radical (unpaired) electrons. The molecule has 21 heavy (non-hydrogen) atoms. The number of carboxylic acids is 1. The third kappa shape index (κ3) is 2.87. The largest absolute Gasteiger partial charge is 0.480 e. The van der Waals surface area contributed by atoms with Crippen molar-refractivity contribution in [3.8, 4) is 0 Å². The van der Waals surface area contributed by atoms with Crippen LogP contribution in [0.3, 0.4) is 0 Å². The Labute approximate surface area is 132 Å². The molecular formula is C15H16Cl2N2O2. The summed E-state index contributed by atoms with van der Waals surface area (Å²) in [7, 11) is 0. The molecule has 4 nitrogen and oxygen atoms in total. The number of rotatable bonds is 3. The van der Waals surface area contributed by atoms with Gasteiger partial charge in [-0.1, -0.05) is 42.5 Å². The van der Waals surface area contributed by atoms with Gasteiger partial charge in [0.05, 0.1) is 21.1 Å². The van der Waals surface area contributed by atoms with E-state index in [-0.39, 0.29) is 6.54 Å². The first-order chi connectivity index (χ1) is 10.1. The van der Waals surface area contributed by atoms with E-state index in [1.807, 2.05) is 0 Å². The molecule has 1 saturated carbocycles. The number of hydrogen-bond acceptors (Lipinski definition) is 2. The molecule has 6 heteroatoms. The van der Waals surface area contributed by atoms with Gasteiger partial charge in [0.2, 0.25) is 0 Å². The van der Waals surface area contributed by atoms with Gasteiger partial charge in [0, 0.05) is 5.92 Å².